The van der Waals surface area contributed by atoms with Gasteiger partial charge in [0.15, 0.2) is 24.6 Å². The summed E-state index contributed by atoms with van der Waals surface area (Å²) < 4.78 is 41.5. The van der Waals surface area contributed by atoms with E-state index in [4.69, 9.17) is 33.2 Å². The standard InChI is InChI=1S/C35H48O12/c1-18-28(44-19(2)36)29(45-20(3)37)30(46-21(4)38)31(43-18)47-23-8-11-33-17-42-35(13-12-34(33,40)15-23)25-7-6-24(22-14-27(39)41-16-22)32(25,5)10-9-26(33)35/h14,18,23-26,28-31,40H,6-13,15-17H2,1-5H3/t18-,23?,24-,25+,26+,28-,29+,30+,31-,32+,33-,34-,35+/m0/s1. The zero-order valence-corrected chi connectivity index (χ0v) is 28.0. The van der Waals surface area contributed by atoms with Crippen LogP contribution in [0, 0.1) is 28.6 Å². The second-order valence-corrected chi connectivity index (χ2v) is 15.5. The van der Waals surface area contributed by atoms with Crippen molar-refractivity contribution < 1.29 is 57.4 Å². The zero-order valence-electron chi connectivity index (χ0n) is 28.0. The molecule has 12 heteroatoms. The monoisotopic (exact) mass is 660 g/mol. The lowest BCUT2D eigenvalue weighted by Gasteiger charge is -2.63. The van der Waals surface area contributed by atoms with Crippen molar-refractivity contribution in [1.29, 1.82) is 0 Å². The second-order valence-electron chi connectivity index (χ2n) is 15.5. The Labute approximate surface area is 275 Å². The molecule has 6 fully saturated rings. The Bertz CT molecular complexity index is 1360. The number of fused-ring (bicyclic) bond motifs is 1. The van der Waals surface area contributed by atoms with E-state index in [0.717, 1.165) is 37.7 Å². The molecule has 7 aliphatic rings. The Kier molecular flexibility index (Phi) is 8.09. The van der Waals surface area contributed by atoms with E-state index in [0.29, 0.717) is 50.7 Å². The second kappa shape index (κ2) is 11.5. The highest BCUT2D eigenvalue weighted by Gasteiger charge is 2.76. The van der Waals surface area contributed by atoms with Gasteiger partial charge in [0.25, 0.3) is 0 Å². The normalized spacial score (nSPS) is 48.3. The quantitative estimate of drug-likeness (QED) is 0.253. The van der Waals surface area contributed by atoms with E-state index in [9.17, 15) is 24.3 Å². The van der Waals surface area contributed by atoms with Crippen LogP contribution >= 0.6 is 0 Å². The Balaban J connectivity index is 1.10. The van der Waals surface area contributed by atoms with Gasteiger partial charge in [-0.1, -0.05) is 6.92 Å². The highest BCUT2D eigenvalue weighted by Crippen LogP contribution is 2.74. The van der Waals surface area contributed by atoms with Gasteiger partial charge in [-0.3, -0.25) is 14.4 Å². The van der Waals surface area contributed by atoms with Gasteiger partial charge in [0.05, 0.1) is 30.0 Å². The highest BCUT2D eigenvalue weighted by molar-refractivity contribution is 5.85. The van der Waals surface area contributed by atoms with Crippen molar-refractivity contribution >= 4 is 23.9 Å². The van der Waals surface area contributed by atoms with Gasteiger partial charge in [0.1, 0.15) is 6.61 Å². The van der Waals surface area contributed by atoms with Crippen molar-refractivity contribution in [2.24, 2.45) is 28.6 Å². The lowest BCUT2D eigenvalue weighted by molar-refractivity contribution is -0.320. The van der Waals surface area contributed by atoms with E-state index in [-0.39, 0.29) is 22.9 Å². The molecular formula is C35H48O12. The molecule has 47 heavy (non-hydrogen) atoms. The van der Waals surface area contributed by atoms with Gasteiger partial charge in [-0.2, -0.15) is 0 Å². The molecular weight excluding hydrogens is 612 g/mol. The van der Waals surface area contributed by atoms with Crippen molar-refractivity contribution in [2.75, 3.05) is 13.2 Å². The van der Waals surface area contributed by atoms with Crippen LogP contribution in [-0.4, -0.2) is 90.2 Å². The van der Waals surface area contributed by atoms with E-state index in [2.05, 4.69) is 6.92 Å². The van der Waals surface area contributed by atoms with Crippen LogP contribution in [0.3, 0.4) is 0 Å². The molecule has 2 saturated heterocycles. The third-order valence-corrected chi connectivity index (χ3v) is 13.2. The maximum absolute atomic E-state index is 12.6. The van der Waals surface area contributed by atoms with Crippen molar-refractivity contribution in [3.8, 4) is 0 Å². The van der Waals surface area contributed by atoms with Crippen LogP contribution < -0.4 is 0 Å². The minimum atomic E-state index is -1.18. The van der Waals surface area contributed by atoms with E-state index in [1.807, 2.05) is 0 Å². The first kappa shape index (κ1) is 33.0. The number of carbonyl (C=O) groups excluding carboxylic acids is 4. The van der Waals surface area contributed by atoms with E-state index in [1.54, 1.807) is 13.0 Å². The zero-order chi connectivity index (χ0) is 33.5. The summed E-state index contributed by atoms with van der Waals surface area (Å²) in [6.45, 7) is 8.67. The van der Waals surface area contributed by atoms with Crippen molar-refractivity contribution in [1.82, 2.24) is 0 Å². The summed E-state index contributed by atoms with van der Waals surface area (Å²) in [6, 6.07) is 0. The van der Waals surface area contributed by atoms with Gasteiger partial charge in [0.2, 0.25) is 0 Å². The molecule has 1 unspecified atom stereocenters. The number of cyclic esters (lactones) is 1. The van der Waals surface area contributed by atoms with Crippen LogP contribution in [0.15, 0.2) is 11.6 Å². The summed E-state index contributed by atoms with van der Waals surface area (Å²) >= 11 is 0. The van der Waals surface area contributed by atoms with Crippen LogP contribution in [0.2, 0.25) is 0 Å². The molecule has 0 aromatic rings. The summed E-state index contributed by atoms with van der Waals surface area (Å²) in [4.78, 5) is 48.1. The molecule has 4 saturated carbocycles. The molecule has 7 rings (SSSR count). The molecule has 1 spiro atoms. The number of carbonyl (C=O) groups is 4. The number of aliphatic hydroxyl groups is 1. The largest absolute Gasteiger partial charge is 0.458 e. The lowest BCUT2D eigenvalue weighted by atomic mass is 9.42. The minimum Gasteiger partial charge on any atom is -0.458 e. The van der Waals surface area contributed by atoms with Gasteiger partial charge in [0, 0.05) is 38.7 Å². The summed E-state index contributed by atoms with van der Waals surface area (Å²) in [6.07, 6.45) is 3.21. The molecule has 13 atom stereocenters. The number of esters is 4. The molecule has 2 bridgehead atoms. The third-order valence-electron chi connectivity index (χ3n) is 13.2. The summed E-state index contributed by atoms with van der Waals surface area (Å²) in [5, 5.41) is 12.6. The Hall–Kier alpha value is -2.54. The van der Waals surface area contributed by atoms with Gasteiger partial charge in [-0.05, 0) is 87.0 Å². The van der Waals surface area contributed by atoms with Crippen LogP contribution in [0.5, 0.6) is 0 Å². The summed E-state index contributed by atoms with van der Waals surface area (Å²) in [5.41, 5.74) is -0.577. The molecule has 1 N–H and O–H groups in total. The first-order valence-electron chi connectivity index (χ1n) is 17.3. The molecule has 0 aromatic heterocycles. The van der Waals surface area contributed by atoms with E-state index < -0.39 is 65.7 Å². The molecule has 3 heterocycles. The van der Waals surface area contributed by atoms with Gasteiger partial charge < -0.3 is 38.3 Å². The Morgan fingerprint density at radius 3 is 2.26 bits per heavy atom. The van der Waals surface area contributed by atoms with Gasteiger partial charge >= 0.3 is 23.9 Å². The molecule has 3 aliphatic heterocycles. The fourth-order valence-corrected chi connectivity index (χ4v) is 11.4. The van der Waals surface area contributed by atoms with Gasteiger partial charge in [-0.25, -0.2) is 4.79 Å². The molecule has 0 amide bonds. The topological polar surface area (TPSA) is 153 Å². The van der Waals surface area contributed by atoms with Crippen molar-refractivity contribution in [2.45, 2.75) is 140 Å². The minimum absolute atomic E-state index is 0.0147. The van der Waals surface area contributed by atoms with Crippen LogP contribution in [0.25, 0.3) is 0 Å². The molecule has 0 aromatic carbocycles. The predicted octanol–water partition coefficient (Wildman–Crippen LogP) is 3.30. The first-order chi connectivity index (χ1) is 22.2. The fourth-order valence-electron chi connectivity index (χ4n) is 11.4. The maximum Gasteiger partial charge on any atom is 0.331 e. The average Bonchev–Trinajstić information content (AvgIpc) is 3.65. The number of hydrogen-bond acceptors (Lipinski definition) is 12. The molecule has 260 valence electrons. The number of hydrogen-bond donors (Lipinski definition) is 1. The number of rotatable bonds is 6. The lowest BCUT2D eigenvalue weighted by Crippen LogP contribution is -2.67. The Morgan fingerprint density at radius 2 is 1.57 bits per heavy atom. The maximum atomic E-state index is 12.6. The Morgan fingerprint density at radius 1 is 0.872 bits per heavy atom. The SMILES string of the molecule is CC(=O)O[C@@H]1[C@@H](OC(C)=O)[C@H](C)O[C@@H](OC2CC[C@@]34CO[C@]5(CC[C@]3(O)C2)[C@@H]2CC[C@@H](C3=CC(=O)OC3)[C@@]2(C)CC[C@@H]54)[C@@H]1OC(C)=O. The molecule has 0 radical (unpaired) electrons. The van der Waals surface area contributed by atoms with Crippen LogP contribution in [-0.2, 0) is 52.3 Å². The van der Waals surface area contributed by atoms with Crippen molar-refractivity contribution in [3.05, 3.63) is 11.6 Å². The average molecular weight is 661 g/mol. The summed E-state index contributed by atoms with van der Waals surface area (Å²) in [5.74, 6) is -1.22. The highest BCUT2D eigenvalue weighted by atomic mass is 16.7. The van der Waals surface area contributed by atoms with Crippen LogP contribution in [0.4, 0.5) is 0 Å². The predicted molar refractivity (Wildman–Crippen MR) is 161 cm³/mol. The summed E-state index contributed by atoms with van der Waals surface area (Å²) in [7, 11) is 0. The number of ether oxygens (including phenoxy) is 7. The van der Waals surface area contributed by atoms with Gasteiger partial charge in [-0.15, -0.1) is 0 Å². The smallest absolute Gasteiger partial charge is 0.331 e. The van der Waals surface area contributed by atoms with E-state index >= 15 is 0 Å². The fraction of sp³-hybridized carbons (Fsp3) is 0.829. The first-order valence-corrected chi connectivity index (χ1v) is 17.3. The van der Waals surface area contributed by atoms with Crippen LogP contribution in [0.1, 0.15) is 92.4 Å². The molecule has 12 nitrogen and oxygen atoms in total. The van der Waals surface area contributed by atoms with Crippen molar-refractivity contribution in [3.63, 3.8) is 0 Å². The molecule has 4 aliphatic carbocycles. The van der Waals surface area contributed by atoms with E-state index in [1.165, 1.54) is 20.8 Å². The third kappa shape index (κ3) is 5.06.